The Morgan fingerprint density at radius 1 is 1.53 bits per heavy atom. The van der Waals surface area contributed by atoms with Gasteiger partial charge in [0.05, 0.1) is 22.9 Å². The van der Waals surface area contributed by atoms with Gasteiger partial charge < -0.3 is 16.2 Å². The predicted octanol–water partition coefficient (Wildman–Crippen LogP) is 1.57. The van der Waals surface area contributed by atoms with E-state index in [-0.39, 0.29) is 12.5 Å². The highest BCUT2D eigenvalue weighted by Gasteiger charge is 2.37. The summed E-state index contributed by atoms with van der Waals surface area (Å²) in [6.45, 7) is -0.0260. The zero-order valence-corrected chi connectivity index (χ0v) is 10.1. The number of carbonyl (C=O) groups is 1. The topological polar surface area (TPSA) is 75.4 Å². The lowest BCUT2D eigenvalue weighted by Crippen LogP contribution is -2.56. The minimum absolute atomic E-state index is 0.0260. The van der Waals surface area contributed by atoms with Crippen LogP contribution in [-0.2, 0) is 0 Å². The molecule has 1 aliphatic rings. The zero-order valence-electron chi connectivity index (χ0n) is 9.37. The van der Waals surface area contributed by atoms with Crippen molar-refractivity contribution < 1.29 is 9.90 Å². The van der Waals surface area contributed by atoms with Gasteiger partial charge in [-0.15, -0.1) is 0 Å². The van der Waals surface area contributed by atoms with Crippen molar-refractivity contribution in [3.63, 3.8) is 0 Å². The summed E-state index contributed by atoms with van der Waals surface area (Å²) in [6, 6.07) is 4.76. The van der Waals surface area contributed by atoms with Gasteiger partial charge in [0.1, 0.15) is 0 Å². The van der Waals surface area contributed by atoms with Crippen LogP contribution in [-0.4, -0.2) is 23.2 Å². The van der Waals surface area contributed by atoms with Gasteiger partial charge in [-0.2, -0.15) is 0 Å². The number of nitrogens with one attached hydrogen (secondary N) is 1. The summed E-state index contributed by atoms with van der Waals surface area (Å²) < 4.78 is 0. The Morgan fingerprint density at radius 3 is 2.71 bits per heavy atom. The van der Waals surface area contributed by atoms with Gasteiger partial charge in [-0.1, -0.05) is 11.6 Å². The normalized spacial score (nSPS) is 17.3. The van der Waals surface area contributed by atoms with Crippen LogP contribution >= 0.6 is 11.6 Å². The molecule has 0 spiro atoms. The van der Waals surface area contributed by atoms with E-state index in [0.717, 1.165) is 19.3 Å². The molecule has 4 N–H and O–H groups in total. The van der Waals surface area contributed by atoms with Crippen LogP contribution in [0.2, 0.25) is 5.02 Å². The number of halogens is 1. The molecule has 1 aromatic carbocycles. The van der Waals surface area contributed by atoms with Gasteiger partial charge in [-0.25, -0.2) is 0 Å². The van der Waals surface area contributed by atoms with Crippen molar-refractivity contribution in [2.24, 2.45) is 0 Å². The first-order chi connectivity index (χ1) is 8.06. The fourth-order valence-corrected chi connectivity index (χ4v) is 2.04. The molecule has 0 radical (unpaired) electrons. The number of hydrogen-bond acceptors (Lipinski definition) is 3. The third kappa shape index (κ3) is 2.37. The van der Waals surface area contributed by atoms with Crippen LogP contribution in [0, 0.1) is 0 Å². The number of anilines is 1. The number of carbonyl (C=O) groups excluding carboxylic acids is 1. The van der Waals surface area contributed by atoms with Gasteiger partial charge >= 0.3 is 0 Å². The van der Waals surface area contributed by atoms with E-state index < -0.39 is 5.54 Å². The van der Waals surface area contributed by atoms with Gasteiger partial charge in [0.15, 0.2) is 0 Å². The van der Waals surface area contributed by atoms with Crippen molar-refractivity contribution in [1.29, 1.82) is 0 Å². The molecule has 0 aliphatic heterocycles. The number of aliphatic hydroxyl groups is 1. The van der Waals surface area contributed by atoms with E-state index in [1.54, 1.807) is 18.2 Å². The maximum atomic E-state index is 12.0. The fourth-order valence-electron chi connectivity index (χ4n) is 1.92. The fraction of sp³-hybridized carbons (Fsp3) is 0.417. The Bertz CT molecular complexity index is 439. The van der Waals surface area contributed by atoms with E-state index in [0.29, 0.717) is 16.3 Å². The lowest BCUT2D eigenvalue weighted by molar-refractivity contribution is 0.0641. The van der Waals surface area contributed by atoms with Gasteiger partial charge in [-0.3, -0.25) is 4.79 Å². The van der Waals surface area contributed by atoms with Crippen LogP contribution in [0.4, 0.5) is 5.69 Å². The molecule has 5 heteroatoms. The number of amides is 1. The summed E-state index contributed by atoms with van der Waals surface area (Å²) in [5, 5.41) is 12.6. The van der Waals surface area contributed by atoms with Crippen LogP contribution in [0.3, 0.4) is 0 Å². The van der Waals surface area contributed by atoms with Gasteiger partial charge in [0, 0.05) is 5.56 Å². The molecular weight excluding hydrogens is 240 g/mol. The van der Waals surface area contributed by atoms with Crippen molar-refractivity contribution in [3.05, 3.63) is 28.8 Å². The first kappa shape index (κ1) is 12.2. The van der Waals surface area contributed by atoms with E-state index in [4.69, 9.17) is 17.3 Å². The Hall–Kier alpha value is -1.26. The van der Waals surface area contributed by atoms with E-state index in [2.05, 4.69) is 5.32 Å². The second-order valence-electron chi connectivity index (χ2n) is 4.48. The van der Waals surface area contributed by atoms with E-state index in [1.165, 1.54) is 0 Å². The molecule has 0 unspecified atom stereocenters. The number of rotatable bonds is 3. The molecule has 1 aliphatic carbocycles. The lowest BCUT2D eigenvalue weighted by atomic mass is 9.77. The molecule has 1 fully saturated rings. The number of benzene rings is 1. The number of hydrogen-bond donors (Lipinski definition) is 3. The second kappa shape index (κ2) is 4.55. The summed E-state index contributed by atoms with van der Waals surface area (Å²) >= 11 is 5.79. The Kier molecular flexibility index (Phi) is 3.26. The van der Waals surface area contributed by atoms with Crippen LogP contribution in [0.15, 0.2) is 18.2 Å². The maximum absolute atomic E-state index is 12.0. The molecule has 1 amide bonds. The predicted molar refractivity (Wildman–Crippen MR) is 67.0 cm³/mol. The SMILES string of the molecule is Nc1cc(C(=O)NC2(CO)CCC2)ccc1Cl. The van der Waals surface area contributed by atoms with Crippen LogP contribution in [0.5, 0.6) is 0 Å². The molecule has 0 bridgehead atoms. The molecule has 1 saturated carbocycles. The summed E-state index contributed by atoms with van der Waals surface area (Å²) in [6.07, 6.45) is 2.67. The highest BCUT2D eigenvalue weighted by molar-refractivity contribution is 6.33. The Balaban J connectivity index is 2.11. The average molecular weight is 255 g/mol. The Morgan fingerprint density at radius 2 is 2.24 bits per heavy atom. The van der Waals surface area contributed by atoms with Gasteiger partial charge in [0.2, 0.25) is 0 Å². The first-order valence-corrected chi connectivity index (χ1v) is 5.92. The number of nitrogens with two attached hydrogens (primary N) is 1. The van der Waals surface area contributed by atoms with Crippen LogP contribution < -0.4 is 11.1 Å². The molecule has 17 heavy (non-hydrogen) atoms. The highest BCUT2D eigenvalue weighted by atomic mass is 35.5. The minimum atomic E-state index is -0.439. The van der Waals surface area contributed by atoms with Crippen molar-refractivity contribution in [1.82, 2.24) is 5.32 Å². The monoisotopic (exact) mass is 254 g/mol. The highest BCUT2D eigenvalue weighted by Crippen LogP contribution is 2.31. The number of aliphatic hydroxyl groups excluding tert-OH is 1. The van der Waals surface area contributed by atoms with Gasteiger partial charge in [-0.05, 0) is 37.5 Å². The largest absolute Gasteiger partial charge is 0.398 e. The van der Waals surface area contributed by atoms with E-state index in [9.17, 15) is 9.90 Å². The van der Waals surface area contributed by atoms with E-state index in [1.807, 2.05) is 0 Å². The van der Waals surface area contributed by atoms with Crippen molar-refractivity contribution >= 4 is 23.2 Å². The lowest BCUT2D eigenvalue weighted by Gasteiger charge is -2.40. The maximum Gasteiger partial charge on any atom is 0.251 e. The minimum Gasteiger partial charge on any atom is -0.398 e. The molecule has 1 aromatic rings. The first-order valence-electron chi connectivity index (χ1n) is 5.55. The second-order valence-corrected chi connectivity index (χ2v) is 4.89. The van der Waals surface area contributed by atoms with Crippen LogP contribution in [0.1, 0.15) is 29.6 Å². The molecule has 92 valence electrons. The molecule has 2 rings (SSSR count). The standard InChI is InChI=1S/C12H15ClN2O2/c13-9-3-2-8(6-10(9)14)11(17)15-12(7-16)4-1-5-12/h2-3,6,16H,1,4-5,7,14H2,(H,15,17). The third-order valence-electron chi connectivity index (χ3n) is 3.25. The zero-order chi connectivity index (χ0) is 12.5. The molecular formula is C12H15ClN2O2. The summed E-state index contributed by atoms with van der Waals surface area (Å²) in [7, 11) is 0. The Labute approximate surface area is 105 Å². The van der Waals surface area contributed by atoms with Crippen molar-refractivity contribution in [2.45, 2.75) is 24.8 Å². The summed E-state index contributed by atoms with van der Waals surface area (Å²) in [5.74, 6) is -0.220. The molecule has 0 atom stereocenters. The number of nitrogen functional groups attached to an aromatic ring is 1. The molecule has 0 saturated heterocycles. The molecule has 0 heterocycles. The summed E-state index contributed by atoms with van der Waals surface area (Å²) in [5.41, 5.74) is 6.05. The summed E-state index contributed by atoms with van der Waals surface area (Å²) in [4.78, 5) is 12.0. The van der Waals surface area contributed by atoms with Gasteiger partial charge in [0.25, 0.3) is 5.91 Å². The van der Waals surface area contributed by atoms with Crippen LogP contribution in [0.25, 0.3) is 0 Å². The average Bonchev–Trinajstić information content (AvgIpc) is 2.27. The molecule has 4 nitrogen and oxygen atoms in total. The van der Waals surface area contributed by atoms with E-state index >= 15 is 0 Å². The van der Waals surface area contributed by atoms with Crippen molar-refractivity contribution in [2.75, 3.05) is 12.3 Å². The smallest absolute Gasteiger partial charge is 0.251 e. The molecule has 0 aromatic heterocycles. The van der Waals surface area contributed by atoms with Crippen molar-refractivity contribution in [3.8, 4) is 0 Å². The quantitative estimate of drug-likeness (QED) is 0.717. The third-order valence-corrected chi connectivity index (χ3v) is 3.59.